The number of rotatable bonds is 8. The Kier molecular flexibility index (Phi) is 7.59. The number of carbonyl (C=O) groups is 1. The summed E-state index contributed by atoms with van der Waals surface area (Å²) in [6.45, 7) is 8.05. The van der Waals surface area contributed by atoms with Gasteiger partial charge >= 0.3 is 0 Å². The van der Waals surface area contributed by atoms with Gasteiger partial charge in [-0.15, -0.1) is 0 Å². The first-order valence-electron chi connectivity index (χ1n) is 13.2. The number of nitrogens with zero attached hydrogens (tertiary/aromatic N) is 4. The molecule has 3 aromatic heterocycles. The van der Waals surface area contributed by atoms with Crippen molar-refractivity contribution < 1.29 is 13.7 Å². The standard InChI is InChI=1S/C31H32N6O3S/c1-21-15-22(16-30(38)36-24-18-35-37(19-24)31(2,3)4)8-11-28(21)40-29-12-14-34-27-10-9-25(17-26(27)29)41(32,39)20-23-7-5-6-13-33-23/h5-15,17-19,32H,16,20H2,1-4H3,(H,36,38). The second kappa shape index (κ2) is 11.1. The minimum absolute atomic E-state index is 0.0167. The second-order valence-electron chi connectivity index (χ2n) is 10.9. The number of pyridine rings is 2. The van der Waals surface area contributed by atoms with Gasteiger partial charge in [-0.05, 0) is 81.3 Å². The molecule has 0 aliphatic carbocycles. The zero-order chi connectivity index (χ0) is 29.2. The summed E-state index contributed by atoms with van der Waals surface area (Å²) in [5.41, 5.74) is 3.46. The van der Waals surface area contributed by atoms with Gasteiger partial charge in [-0.25, -0.2) is 8.99 Å². The summed E-state index contributed by atoms with van der Waals surface area (Å²) in [7, 11) is -3.14. The zero-order valence-electron chi connectivity index (χ0n) is 23.4. The van der Waals surface area contributed by atoms with Crippen LogP contribution in [0, 0.1) is 11.7 Å². The van der Waals surface area contributed by atoms with Crippen molar-refractivity contribution in [1.29, 1.82) is 4.78 Å². The van der Waals surface area contributed by atoms with Crippen LogP contribution < -0.4 is 10.1 Å². The molecule has 10 heteroatoms. The van der Waals surface area contributed by atoms with E-state index in [1.165, 1.54) is 0 Å². The number of benzene rings is 2. The van der Waals surface area contributed by atoms with Gasteiger partial charge in [-0.1, -0.05) is 18.2 Å². The van der Waals surface area contributed by atoms with Crippen LogP contribution in [0.25, 0.3) is 10.9 Å². The second-order valence-corrected chi connectivity index (χ2v) is 13.0. The molecule has 1 amide bonds. The molecule has 210 valence electrons. The summed E-state index contributed by atoms with van der Waals surface area (Å²) in [4.78, 5) is 21.7. The van der Waals surface area contributed by atoms with Gasteiger partial charge in [-0.2, -0.15) is 5.10 Å². The monoisotopic (exact) mass is 568 g/mol. The average Bonchev–Trinajstić information content (AvgIpc) is 3.39. The third kappa shape index (κ3) is 6.60. The van der Waals surface area contributed by atoms with E-state index >= 15 is 0 Å². The van der Waals surface area contributed by atoms with Crippen LogP contribution in [0.4, 0.5) is 5.69 Å². The van der Waals surface area contributed by atoms with Crippen molar-refractivity contribution in [2.45, 2.75) is 50.3 Å². The minimum atomic E-state index is -3.14. The Morgan fingerprint density at radius 2 is 1.85 bits per heavy atom. The first-order valence-corrected chi connectivity index (χ1v) is 14.9. The minimum Gasteiger partial charge on any atom is -0.456 e. The maximum absolute atomic E-state index is 13.3. The molecule has 5 rings (SSSR count). The zero-order valence-corrected chi connectivity index (χ0v) is 24.2. The highest BCUT2D eigenvalue weighted by Crippen LogP contribution is 2.33. The Morgan fingerprint density at radius 1 is 1.02 bits per heavy atom. The summed E-state index contributed by atoms with van der Waals surface area (Å²) in [5, 5.41) is 7.89. The summed E-state index contributed by atoms with van der Waals surface area (Å²) < 4.78 is 30.0. The number of hydrogen-bond acceptors (Lipinski definition) is 7. The highest BCUT2D eigenvalue weighted by Gasteiger charge is 2.17. The van der Waals surface area contributed by atoms with Crippen LogP contribution in [0.5, 0.6) is 11.5 Å². The van der Waals surface area contributed by atoms with E-state index in [2.05, 4.69) is 20.4 Å². The predicted octanol–water partition coefficient (Wildman–Crippen LogP) is 6.47. The van der Waals surface area contributed by atoms with Crippen molar-refractivity contribution >= 4 is 32.2 Å². The van der Waals surface area contributed by atoms with E-state index in [-0.39, 0.29) is 23.6 Å². The summed E-state index contributed by atoms with van der Waals surface area (Å²) >= 11 is 0. The molecule has 0 spiro atoms. The number of nitrogens with one attached hydrogen (secondary N) is 2. The van der Waals surface area contributed by atoms with Gasteiger partial charge < -0.3 is 10.1 Å². The smallest absolute Gasteiger partial charge is 0.228 e. The SMILES string of the molecule is Cc1cc(CC(=O)Nc2cnn(C(C)(C)C)c2)ccc1Oc1ccnc2ccc(S(=N)(=O)Cc3ccccn3)cc12. The highest BCUT2D eigenvalue weighted by atomic mass is 32.2. The van der Waals surface area contributed by atoms with Crippen molar-refractivity contribution in [2.75, 3.05) is 5.32 Å². The van der Waals surface area contributed by atoms with E-state index in [9.17, 15) is 9.00 Å². The Balaban J connectivity index is 1.32. The van der Waals surface area contributed by atoms with Gasteiger partial charge in [0, 0.05) is 28.9 Å². The lowest BCUT2D eigenvalue weighted by molar-refractivity contribution is -0.115. The molecule has 1 atom stereocenters. The van der Waals surface area contributed by atoms with E-state index < -0.39 is 9.73 Å². The van der Waals surface area contributed by atoms with Crippen LogP contribution >= 0.6 is 0 Å². The molecule has 0 aliphatic rings. The van der Waals surface area contributed by atoms with Crippen molar-refractivity contribution in [1.82, 2.24) is 19.7 Å². The van der Waals surface area contributed by atoms with Crippen molar-refractivity contribution in [3.63, 3.8) is 0 Å². The first-order chi connectivity index (χ1) is 19.5. The molecule has 3 heterocycles. The number of hydrogen-bond donors (Lipinski definition) is 2. The molecule has 5 aromatic rings. The van der Waals surface area contributed by atoms with E-state index in [0.29, 0.717) is 38.7 Å². The van der Waals surface area contributed by atoms with Gasteiger partial charge in [0.15, 0.2) is 0 Å². The number of fused-ring (bicyclic) bond motifs is 1. The predicted molar refractivity (Wildman–Crippen MR) is 160 cm³/mol. The Hall–Kier alpha value is -4.57. The molecular weight excluding hydrogens is 536 g/mol. The fraction of sp³-hybridized carbons (Fsp3) is 0.226. The van der Waals surface area contributed by atoms with Crippen LogP contribution in [-0.4, -0.2) is 29.9 Å². The Labute approximate surface area is 239 Å². The van der Waals surface area contributed by atoms with Gasteiger partial charge in [0.25, 0.3) is 0 Å². The number of carbonyl (C=O) groups excluding carboxylic acids is 1. The van der Waals surface area contributed by atoms with Crippen LogP contribution in [0.1, 0.15) is 37.6 Å². The number of aryl methyl sites for hydroxylation is 1. The fourth-order valence-electron chi connectivity index (χ4n) is 4.37. The molecule has 1 unspecified atom stereocenters. The number of ether oxygens (including phenoxy) is 1. The summed E-state index contributed by atoms with van der Waals surface area (Å²) in [6, 6.07) is 17.9. The van der Waals surface area contributed by atoms with E-state index in [1.54, 1.807) is 55.0 Å². The van der Waals surface area contributed by atoms with Gasteiger partial charge in [-0.3, -0.25) is 19.4 Å². The lowest BCUT2D eigenvalue weighted by Crippen LogP contribution is -2.22. The number of aromatic nitrogens is 4. The molecule has 2 aromatic carbocycles. The van der Waals surface area contributed by atoms with E-state index in [1.807, 2.05) is 62.8 Å². The molecular formula is C31H32N6O3S. The average molecular weight is 569 g/mol. The van der Waals surface area contributed by atoms with Gasteiger partial charge in [0.1, 0.15) is 11.5 Å². The molecule has 0 radical (unpaired) electrons. The van der Waals surface area contributed by atoms with Crippen LogP contribution in [-0.2, 0) is 32.2 Å². The van der Waals surface area contributed by atoms with Gasteiger partial charge in [0.05, 0.1) is 50.5 Å². The topological polar surface area (TPSA) is 123 Å². The highest BCUT2D eigenvalue weighted by molar-refractivity contribution is 7.91. The Bertz CT molecular complexity index is 1830. The maximum atomic E-state index is 13.3. The van der Waals surface area contributed by atoms with Crippen molar-refractivity contribution in [2.24, 2.45) is 0 Å². The third-order valence-electron chi connectivity index (χ3n) is 6.51. The molecule has 9 nitrogen and oxygen atoms in total. The molecule has 0 saturated carbocycles. The molecule has 0 saturated heterocycles. The lowest BCUT2D eigenvalue weighted by Gasteiger charge is -2.18. The third-order valence-corrected chi connectivity index (χ3v) is 8.23. The van der Waals surface area contributed by atoms with E-state index in [0.717, 1.165) is 11.1 Å². The quantitative estimate of drug-likeness (QED) is 0.221. The van der Waals surface area contributed by atoms with E-state index in [4.69, 9.17) is 9.52 Å². The largest absolute Gasteiger partial charge is 0.456 e. The lowest BCUT2D eigenvalue weighted by atomic mass is 10.1. The van der Waals surface area contributed by atoms with Gasteiger partial charge in [0.2, 0.25) is 5.91 Å². The maximum Gasteiger partial charge on any atom is 0.228 e. The van der Waals surface area contributed by atoms with Crippen LogP contribution in [0.15, 0.2) is 90.3 Å². The molecule has 41 heavy (non-hydrogen) atoms. The van der Waals surface area contributed by atoms with Crippen molar-refractivity contribution in [3.05, 3.63) is 102 Å². The normalized spacial score (nSPS) is 13.1. The fourth-order valence-corrected chi connectivity index (χ4v) is 5.72. The van der Waals surface area contributed by atoms with Crippen LogP contribution in [0.2, 0.25) is 0 Å². The molecule has 0 fully saturated rings. The Morgan fingerprint density at radius 3 is 2.56 bits per heavy atom. The number of anilines is 1. The van der Waals surface area contributed by atoms with Crippen LogP contribution in [0.3, 0.4) is 0 Å². The number of amides is 1. The summed E-state index contributed by atoms with van der Waals surface area (Å²) in [5.74, 6) is 1.04. The van der Waals surface area contributed by atoms with Crippen molar-refractivity contribution in [3.8, 4) is 11.5 Å². The molecule has 2 N–H and O–H groups in total. The molecule has 0 aliphatic heterocycles. The molecule has 0 bridgehead atoms. The summed E-state index contributed by atoms with van der Waals surface area (Å²) in [6.07, 6.45) is 6.95. The first kappa shape index (κ1) is 28.0.